The summed E-state index contributed by atoms with van der Waals surface area (Å²) in [5.41, 5.74) is 1.11. The van der Waals surface area contributed by atoms with Gasteiger partial charge in [0.15, 0.2) is 17.5 Å². The molecular formula is C22H36N4O3. The highest BCUT2D eigenvalue weighted by Crippen LogP contribution is 2.32. The van der Waals surface area contributed by atoms with E-state index in [0.717, 1.165) is 81.8 Å². The highest BCUT2D eigenvalue weighted by molar-refractivity contribution is 5.79. The molecule has 1 saturated carbocycles. The molecule has 0 radical (unpaired) electrons. The maximum atomic E-state index is 6.20. The highest BCUT2D eigenvalue weighted by Gasteiger charge is 2.18. The Balaban J connectivity index is 1.55. The first-order valence-corrected chi connectivity index (χ1v) is 10.9. The Morgan fingerprint density at radius 2 is 1.97 bits per heavy atom. The fraction of sp³-hybridized carbons (Fsp3) is 0.682. The number of aliphatic imine (C=N–C) groups is 1. The van der Waals surface area contributed by atoms with E-state index in [4.69, 9.17) is 19.2 Å². The van der Waals surface area contributed by atoms with E-state index in [-0.39, 0.29) is 0 Å². The fourth-order valence-electron chi connectivity index (χ4n) is 3.77. The number of nitrogens with zero attached hydrogens (tertiary/aromatic N) is 2. The van der Waals surface area contributed by atoms with Crippen molar-refractivity contribution in [1.82, 2.24) is 15.5 Å². The molecule has 29 heavy (non-hydrogen) atoms. The molecule has 0 bridgehead atoms. The van der Waals surface area contributed by atoms with Gasteiger partial charge >= 0.3 is 0 Å². The van der Waals surface area contributed by atoms with Crippen LogP contribution in [-0.2, 0) is 11.3 Å². The van der Waals surface area contributed by atoms with Gasteiger partial charge in [0, 0.05) is 32.7 Å². The van der Waals surface area contributed by atoms with Crippen LogP contribution < -0.4 is 20.1 Å². The second-order valence-corrected chi connectivity index (χ2v) is 7.59. The van der Waals surface area contributed by atoms with Gasteiger partial charge in [0.05, 0.1) is 33.0 Å². The molecule has 0 spiro atoms. The first-order valence-electron chi connectivity index (χ1n) is 10.9. The van der Waals surface area contributed by atoms with Gasteiger partial charge in [0.1, 0.15) is 0 Å². The molecule has 2 N–H and O–H groups in total. The molecule has 0 atom stereocenters. The molecule has 1 aromatic rings. The maximum Gasteiger partial charge on any atom is 0.191 e. The molecule has 3 rings (SSSR count). The van der Waals surface area contributed by atoms with Gasteiger partial charge in [-0.25, -0.2) is 4.99 Å². The van der Waals surface area contributed by atoms with E-state index in [9.17, 15) is 0 Å². The van der Waals surface area contributed by atoms with Crippen LogP contribution >= 0.6 is 0 Å². The quantitative estimate of drug-likeness (QED) is 0.487. The normalized spacial score (nSPS) is 18.6. The summed E-state index contributed by atoms with van der Waals surface area (Å²) in [4.78, 5) is 7.16. The van der Waals surface area contributed by atoms with Gasteiger partial charge in [-0.1, -0.05) is 6.07 Å². The highest BCUT2D eigenvalue weighted by atomic mass is 16.5. The average molecular weight is 405 g/mol. The molecule has 162 valence electrons. The van der Waals surface area contributed by atoms with Gasteiger partial charge in [0.25, 0.3) is 0 Å². The first-order chi connectivity index (χ1) is 14.3. The van der Waals surface area contributed by atoms with Gasteiger partial charge < -0.3 is 24.8 Å². The summed E-state index contributed by atoms with van der Waals surface area (Å²) in [6, 6.07) is 6.10. The van der Waals surface area contributed by atoms with E-state index < -0.39 is 0 Å². The van der Waals surface area contributed by atoms with Crippen molar-refractivity contribution < 1.29 is 14.2 Å². The van der Waals surface area contributed by atoms with E-state index in [0.29, 0.717) is 12.6 Å². The molecule has 0 aromatic heterocycles. The van der Waals surface area contributed by atoms with Crippen LogP contribution in [0.3, 0.4) is 0 Å². The van der Waals surface area contributed by atoms with Gasteiger partial charge in [0.2, 0.25) is 0 Å². The number of benzene rings is 1. The molecule has 7 heteroatoms. The lowest BCUT2D eigenvalue weighted by Crippen LogP contribution is -2.44. The second-order valence-electron chi connectivity index (χ2n) is 7.59. The second kappa shape index (κ2) is 11.9. The van der Waals surface area contributed by atoms with E-state index in [1.165, 1.54) is 12.8 Å². The van der Waals surface area contributed by atoms with Crippen molar-refractivity contribution in [3.05, 3.63) is 23.8 Å². The van der Waals surface area contributed by atoms with Gasteiger partial charge in [-0.2, -0.15) is 0 Å². The average Bonchev–Trinajstić information content (AvgIpc) is 3.26. The Bertz CT molecular complexity index is 641. The Kier molecular flexibility index (Phi) is 8.89. The molecule has 1 saturated heterocycles. The topological polar surface area (TPSA) is 67.4 Å². The first kappa shape index (κ1) is 21.7. The predicted molar refractivity (Wildman–Crippen MR) is 116 cm³/mol. The van der Waals surface area contributed by atoms with Crippen LogP contribution in [-0.4, -0.2) is 70.0 Å². The standard InChI is InChI=1S/C22H36N4O3/c1-3-23-22(24-10-11-26-12-14-28-15-13-26)25-17-18-8-9-20(27-2)21(16-18)29-19-6-4-5-7-19/h8-9,16,19H,3-7,10-15,17H2,1-2H3,(H2,23,24,25). The molecule has 1 aliphatic heterocycles. The molecule has 7 nitrogen and oxygen atoms in total. The van der Waals surface area contributed by atoms with Gasteiger partial charge in [-0.05, 0) is 50.3 Å². The van der Waals surface area contributed by atoms with Crippen LogP contribution in [0, 0.1) is 0 Å². The summed E-state index contributed by atoms with van der Waals surface area (Å²) in [7, 11) is 1.69. The summed E-state index contributed by atoms with van der Waals surface area (Å²) in [5.74, 6) is 2.47. The van der Waals surface area contributed by atoms with Crippen molar-refractivity contribution in [2.75, 3.05) is 53.0 Å². The van der Waals surface area contributed by atoms with Crippen LogP contribution in [0.4, 0.5) is 0 Å². The zero-order valence-corrected chi connectivity index (χ0v) is 17.9. The van der Waals surface area contributed by atoms with Gasteiger partial charge in [-0.15, -0.1) is 0 Å². The third-order valence-corrected chi connectivity index (χ3v) is 5.41. The number of ether oxygens (including phenoxy) is 3. The number of morpholine rings is 1. The number of guanidine groups is 1. The van der Waals surface area contributed by atoms with Crippen LogP contribution in [0.2, 0.25) is 0 Å². The Morgan fingerprint density at radius 3 is 2.69 bits per heavy atom. The van der Waals surface area contributed by atoms with E-state index in [2.05, 4.69) is 34.6 Å². The molecule has 1 aromatic carbocycles. The minimum Gasteiger partial charge on any atom is -0.493 e. The number of hydrogen-bond donors (Lipinski definition) is 2. The Hall–Kier alpha value is -1.99. The molecular weight excluding hydrogens is 368 g/mol. The van der Waals surface area contributed by atoms with E-state index >= 15 is 0 Å². The monoisotopic (exact) mass is 404 g/mol. The van der Waals surface area contributed by atoms with Crippen molar-refractivity contribution in [3.8, 4) is 11.5 Å². The number of rotatable bonds is 9. The fourth-order valence-corrected chi connectivity index (χ4v) is 3.77. The lowest BCUT2D eigenvalue weighted by atomic mass is 10.2. The van der Waals surface area contributed by atoms with Gasteiger partial charge in [-0.3, -0.25) is 4.90 Å². The van der Waals surface area contributed by atoms with E-state index in [1.807, 2.05) is 6.07 Å². The summed E-state index contributed by atoms with van der Waals surface area (Å²) in [6.07, 6.45) is 5.06. The minimum absolute atomic E-state index is 0.307. The maximum absolute atomic E-state index is 6.20. The zero-order chi connectivity index (χ0) is 20.3. The molecule has 0 amide bonds. The van der Waals surface area contributed by atoms with Crippen LogP contribution in [0.1, 0.15) is 38.2 Å². The SMILES string of the molecule is CCNC(=NCc1ccc(OC)c(OC2CCCC2)c1)NCCN1CCOCC1. The summed E-state index contributed by atoms with van der Waals surface area (Å²) < 4.78 is 17.1. The van der Waals surface area contributed by atoms with Crippen LogP contribution in [0.25, 0.3) is 0 Å². The minimum atomic E-state index is 0.307. The largest absolute Gasteiger partial charge is 0.493 e. The third kappa shape index (κ3) is 7.08. The van der Waals surface area contributed by atoms with E-state index in [1.54, 1.807) is 7.11 Å². The zero-order valence-electron chi connectivity index (χ0n) is 17.9. The lowest BCUT2D eigenvalue weighted by molar-refractivity contribution is 0.0389. The lowest BCUT2D eigenvalue weighted by Gasteiger charge is -2.26. The Labute approximate surface area is 174 Å². The van der Waals surface area contributed by atoms with Crippen molar-refractivity contribution >= 4 is 5.96 Å². The third-order valence-electron chi connectivity index (χ3n) is 5.41. The van der Waals surface area contributed by atoms with Crippen molar-refractivity contribution in [3.63, 3.8) is 0 Å². The molecule has 0 unspecified atom stereocenters. The van der Waals surface area contributed by atoms with Crippen LogP contribution in [0.15, 0.2) is 23.2 Å². The summed E-state index contributed by atoms with van der Waals surface area (Å²) >= 11 is 0. The molecule has 2 aliphatic rings. The van der Waals surface area contributed by atoms with Crippen molar-refractivity contribution in [2.45, 2.75) is 45.3 Å². The molecule has 2 fully saturated rings. The summed E-state index contributed by atoms with van der Waals surface area (Å²) in [5, 5.41) is 6.76. The molecule has 1 heterocycles. The van der Waals surface area contributed by atoms with Crippen molar-refractivity contribution in [1.29, 1.82) is 0 Å². The smallest absolute Gasteiger partial charge is 0.191 e. The molecule has 1 aliphatic carbocycles. The Morgan fingerprint density at radius 1 is 1.17 bits per heavy atom. The number of hydrogen-bond acceptors (Lipinski definition) is 5. The predicted octanol–water partition coefficient (Wildman–Crippen LogP) is 2.40. The van der Waals surface area contributed by atoms with Crippen LogP contribution in [0.5, 0.6) is 11.5 Å². The van der Waals surface area contributed by atoms with Crippen molar-refractivity contribution in [2.24, 2.45) is 4.99 Å². The number of methoxy groups -OCH3 is 1. The number of nitrogens with one attached hydrogen (secondary N) is 2. The summed E-state index contributed by atoms with van der Waals surface area (Å²) in [6.45, 7) is 9.05.